The molecule has 0 heterocycles. The van der Waals surface area contributed by atoms with Crippen molar-refractivity contribution in [1.82, 2.24) is 0 Å². The van der Waals surface area contributed by atoms with E-state index in [0.29, 0.717) is 11.4 Å². The number of benzene rings is 1. The zero-order chi connectivity index (χ0) is 9.56. The van der Waals surface area contributed by atoms with Gasteiger partial charge in [0.15, 0.2) is 0 Å². The third-order valence-corrected chi connectivity index (χ3v) is 0.996. The van der Waals surface area contributed by atoms with E-state index in [2.05, 4.69) is 0 Å². The summed E-state index contributed by atoms with van der Waals surface area (Å²) in [6.07, 6.45) is 0. The van der Waals surface area contributed by atoms with Crippen molar-refractivity contribution in [2.45, 2.75) is 0 Å². The SMILES string of the molecule is Nc1ccccc1N.O=[PH](O)O. The molecule has 0 amide bonds. The molecule has 68 valence electrons. The van der Waals surface area contributed by atoms with E-state index in [4.69, 9.17) is 25.8 Å². The second kappa shape index (κ2) is 5.60. The Balaban J connectivity index is 0.000000261. The molecule has 0 aromatic heterocycles. The molecule has 0 fully saturated rings. The summed E-state index contributed by atoms with van der Waals surface area (Å²) in [5, 5.41) is 0. The van der Waals surface area contributed by atoms with Crippen LogP contribution in [-0.2, 0) is 4.57 Å². The van der Waals surface area contributed by atoms with Crippen molar-refractivity contribution in [1.29, 1.82) is 0 Å². The van der Waals surface area contributed by atoms with Crippen LogP contribution >= 0.6 is 8.25 Å². The Labute approximate surface area is 70.6 Å². The fourth-order valence-corrected chi connectivity index (χ4v) is 0.511. The van der Waals surface area contributed by atoms with Crippen LogP contribution in [0.4, 0.5) is 11.4 Å². The second-order valence-electron chi connectivity index (χ2n) is 1.91. The smallest absolute Gasteiger partial charge is 0.314 e. The Kier molecular flexibility index (Phi) is 5.12. The van der Waals surface area contributed by atoms with Gasteiger partial charge in [-0.25, -0.2) is 0 Å². The highest BCUT2D eigenvalue weighted by atomic mass is 31.1. The molecular weight excluding hydrogens is 179 g/mol. The lowest BCUT2D eigenvalue weighted by Crippen LogP contribution is -1.91. The number of anilines is 2. The number of hydrogen-bond donors (Lipinski definition) is 4. The van der Waals surface area contributed by atoms with E-state index in [1.807, 2.05) is 12.1 Å². The predicted octanol–water partition coefficient (Wildman–Crippen LogP) is 0.212. The van der Waals surface area contributed by atoms with Gasteiger partial charge in [-0.05, 0) is 12.1 Å². The van der Waals surface area contributed by atoms with Crippen molar-refractivity contribution >= 4 is 19.6 Å². The highest BCUT2D eigenvalue weighted by Gasteiger charge is 1.85. The Morgan fingerprint density at radius 1 is 1.08 bits per heavy atom. The van der Waals surface area contributed by atoms with E-state index in [1.54, 1.807) is 12.1 Å². The minimum atomic E-state index is -3.13. The molecule has 6 heteroatoms. The molecule has 0 aliphatic rings. The van der Waals surface area contributed by atoms with E-state index in [9.17, 15) is 0 Å². The second-order valence-corrected chi connectivity index (χ2v) is 2.48. The monoisotopic (exact) mass is 190 g/mol. The van der Waals surface area contributed by atoms with Gasteiger partial charge >= 0.3 is 8.25 Å². The summed E-state index contributed by atoms with van der Waals surface area (Å²) >= 11 is 0. The topological polar surface area (TPSA) is 110 Å². The molecule has 0 bridgehead atoms. The molecule has 1 aromatic carbocycles. The number of nitrogens with two attached hydrogens (primary N) is 2. The van der Waals surface area contributed by atoms with E-state index in [0.717, 1.165) is 0 Å². The third kappa shape index (κ3) is 5.73. The number of hydrogen-bond acceptors (Lipinski definition) is 3. The summed E-state index contributed by atoms with van der Waals surface area (Å²) in [5.74, 6) is 0. The maximum atomic E-state index is 8.74. The molecule has 6 N–H and O–H groups in total. The molecule has 5 nitrogen and oxygen atoms in total. The van der Waals surface area contributed by atoms with Gasteiger partial charge in [-0.1, -0.05) is 12.1 Å². The standard InChI is InChI=1S/C6H8N2.H3O3P/c7-5-3-1-2-4-6(5)8;1-4(2)3/h1-4H,7-8H2;4H,(H2,1,2,3). The van der Waals surface area contributed by atoms with Crippen LogP contribution in [0.1, 0.15) is 0 Å². The van der Waals surface area contributed by atoms with Crippen LogP contribution in [-0.4, -0.2) is 9.79 Å². The first kappa shape index (κ1) is 11.0. The Morgan fingerprint density at radius 3 is 1.50 bits per heavy atom. The third-order valence-electron chi connectivity index (χ3n) is 0.996. The van der Waals surface area contributed by atoms with Crippen LogP contribution in [0, 0.1) is 0 Å². The molecule has 1 aromatic rings. The fraction of sp³-hybridized carbons (Fsp3) is 0. The van der Waals surface area contributed by atoms with E-state index >= 15 is 0 Å². The van der Waals surface area contributed by atoms with Gasteiger partial charge in [0.05, 0.1) is 11.4 Å². The number of rotatable bonds is 0. The summed E-state index contributed by atoms with van der Waals surface area (Å²) < 4.78 is 8.74. The van der Waals surface area contributed by atoms with Crippen molar-refractivity contribution in [3.8, 4) is 0 Å². The van der Waals surface area contributed by atoms with Gasteiger partial charge in [0.2, 0.25) is 0 Å². The first-order valence-corrected chi connectivity index (χ1v) is 4.36. The maximum absolute atomic E-state index is 8.74. The van der Waals surface area contributed by atoms with Gasteiger partial charge in [-0.15, -0.1) is 0 Å². The molecule has 0 atom stereocenters. The van der Waals surface area contributed by atoms with E-state index < -0.39 is 8.25 Å². The Hall–Kier alpha value is -1.03. The summed E-state index contributed by atoms with van der Waals surface area (Å²) in [7, 11) is -3.13. The first-order valence-electron chi connectivity index (χ1n) is 3.06. The molecule has 0 aliphatic heterocycles. The van der Waals surface area contributed by atoms with Crippen molar-refractivity contribution < 1.29 is 14.4 Å². The minimum Gasteiger partial charge on any atom is -0.397 e. The summed E-state index contributed by atoms with van der Waals surface area (Å²) in [5.41, 5.74) is 12.1. The quantitative estimate of drug-likeness (QED) is 0.345. The van der Waals surface area contributed by atoms with Crippen LogP contribution in [0.25, 0.3) is 0 Å². The molecule has 0 radical (unpaired) electrons. The highest BCUT2D eigenvalue weighted by Crippen LogP contribution is 2.10. The lowest BCUT2D eigenvalue weighted by molar-refractivity contribution is 0.405. The van der Waals surface area contributed by atoms with Crippen LogP contribution in [0.5, 0.6) is 0 Å². The molecule has 12 heavy (non-hydrogen) atoms. The van der Waals surface area contributed by atoms with Crippen molar-refractivity contribution in [3.63, 3.8) is 0 Å². The van der Waals surface area contributed by atoms with E-state index in [-0.39, 0.29) is 0 Å². The van der Waals surface area contributed by atoms with Gasteiger partial charge in [0.1, 0.15) is 0 Å². The number of nitrogen functional groups attached to an aromatic ring is 2. The Morgan fingerprint density at radius 2 is 1.33 bits per heavy atom. The Bertz CT molecular complexity index is 242. The van der Waals surface area contributed by atoms with Crippen LogP contribution < -0.4 is 11.5 Å². The lowest BCUT2D eigenvalue weighted by atomic mass is 10.3. The molecule has 0 aliphatic carbocycles. The van der Waals surface area contributed by atoms with Gasteiger partial charge in [0.25, 0.3) is 0 Å². The first-order chi connectivity index (χ1) is 5.54. The molecule has 0 saturated carbocycles. The van der Waals surface area contributed by atoms with Gasteiger partial charge in [-0.2, -0.15) is 0 Å². The highest BCUT2D eigenvalue weighted by molar-refractivity contribution is 7.30. The maximum Gasteiger partial charge on any atom is 0.314 e. The van der Waals surface area contributed by atoms with Crippen LogP contribution in [0.15, 0.2) is 24.3 Å². The summed E-state index contributed by atoms with van der Waals surface area (Å²) in [4.78, 5) is 14.3. The summed E-state index contributed by atoms with van der Waals surface area (Å²) in [6.45, 7) is 0. The van der Waals surface area contributed by atoms with Crippen molar-refractivity contribution in [3.05, 3.63) is 24.3 Å². The van der Waals surface area contributed by atoms with Gasteiger partial charge < -0.3 is 21.3 Å². The average molecular weight is 190 g/mol. The minimum absolute atomic E-state index is 0.646. The van der Waals surface area contributed by atoms with Crippen LogP contribution in [0.3, 0.4) is 0 Å². The largest absolute Gasteiger partial charge is 0.397 e. The van der Waals surface area contributed by atoms with Crippen molar-refractivity contribution in [2.75, 3.05) is 11.5 Å². The van der Waals surface area contributed by atoms with Gasteiger partial charge in [0, 0.05) is 0 Å². The summed E-state index contributed by atoms with van der Waals surface area (Å²) in [6, 6.07) is 7.25. The van der Waals surface area contributed by atoms with Gasteiger partial charge in [-0.3, -0.25) is 4.57 Å². The average Bonchev–Trinajstić information content (AvgIpc) is 1.94. The molecule has 0 saturated heterocycles. The fourth-order valence-electron chi connectivity index (χ4n) is 0.511. The molecule has 0 spiro atoms. The molecule has 1 rings (SSSR count). The predicted molar refractivity (Wildman–Crippen MR) is 48.7 cm³/mol. The van der Waals surface area contributed by atoms with Crippen LogP contribution in [0.2, 0.25) is 0 Å². The normalized spacial score (nSPS) is 8.92. The number of para-hydroxylation sites is 2. The van der Waals surface area contributed by atoms with E-state index in [1.165, 1.54) is 0 Å². The van der Waals surface area contributed by atoms with Crippen molar-refractivity contribution in [2.24, 2.45) is 0 Å². The molecular formula is C6H11N2O3P. The zero-order valence-electron chi connectivity index (χ0n) is 6.27. The molecule has 0 unspecified atom stereocenters. The zero-order valence-corrected chi connectivity index (χ0v) is 7.27. The lowest BCUT2D eigenvalue weighted by Gasteiger charge is -1.94.